The molecular formula is C9H3BrCl2N2O2. The van der Waals surface area contributed by atoms with E-state index < -0.39 is 4.92 Å². The number of halogens is 3. The quantitative estimate of drug-likeness (QED) is 0.584. The van der Waals surface area contributed by atoms with Crippen LogP contribution < -0.4 is 0 Å². The van der Waals surface area contributed by atoms with Crippen LogP contribution in [0.4, 0.5) is 5.69 Å². The molecule has 4 nitrogen and oxygen atoms in total. The zero-order valence-electron chi connectivity index (χ0n) is 7.58. The molecule has 0 aliphatic rings. The monoisotopic (exact) mass is 320 g/mol. The van der Waals surface area contributed by atoms with Crippen LogP contribution in [-0.2, 0) is 0 Å². The number of fused-ring (bicyclic) bond motifs is 1. The molecule has 2 rings (SSSR count). The first kappa shape index (κ1) is 11.6. The summed E-state index contributed by atoms with van der Waals surface area (Å²) in [6.07, 6.45) is 1.12. The third-order valence-corrected chi connectivity index (χ3v) is 3.37. The summed E-state index contributed by atoms with van der Waals surface area (Å²) in [4.78, 5) is 14.1. The summed E-state index contributed by atoms with van der Waals surface area (Å²) in [5.41, 5.74) is 0.247. The van der Waals surface area contributed by atoms with Crippen LogP contribution in [0.15, 0.2) is 22.8 Å². The molecule has 0 bridgehead atoms. The van der Waals surface area contributed by atoms with Gasteiger partial charge in [-0.25, -0.2) is 4.98 Å². The summed E-state index contributed by atoms with van der Waals surface area (Å²) < 4.78 is 0.684. The van der Waals surface area contributed by atoms with Crippen molar-refractivity contribution < 1.29 is 4.92 Å². The average Bonchev–Trinajstić information content (AvgIpc) is 2.23. The molecule has 82 valence electrons. The lowest BCUT2D eigenvalue weighted by Crippen LogP contribution is -1.92. The Morgan fingerprint density at radius 2 is 2.06 bits per heavy atom. The summed E-state index contributed by atoms with van der Waals surface area (Å²) in [6, 6.07) is 3.31. The Kier molecular flexibility index (Phi) is 3.01. The molecule has 1 aromatic heterocycles. The molecule has 0 aliphatic heterocycles. The van der Waals surface area contributed by atoms with Gasteiger partial charge >= 0.3 is 5.69 Å². The Balaban J connectivity index is 2.94. The lowest BCUT2D eigenvalue weighted by atomic mass is 10.2. The predicted octanol–water partition coefficient (Wildman–Crippen LogP) is 4.21. The first-order valence-corrected chi connectivity index (χ1v) is 5.64. The van der Waals surface area contributed by atoms with E-state index in [1.54, 1.807) is 12.1 Å². The van der Waals surface area contributed by atoms with Gasteiger partial charge in [-0.1, -0.05) is 23.2 Å². The minimum atomic E-state index is -0.591. The molecule has 0 spiro atoms. The van der Waals surface area contributed by atoms with Crippen LogP contribution in [0.5, 0.6) is 0 Å². The van der Waals surface area contributed by atoms with Gasteiger partial charge in [-0.15, -0.1) is 0 Å². The van der Waals surface area contributed by atoms with Gasteiger partial charge in [0.25, 0.3) is 0 Å². The van der Waals surface area contributed by atoms with E-state index >= 15 is 0 Å². The fourth-order valence-electron chi connectivity index (χ4n) is 1.31. The van der Waals surface area contributed by atoms with Crippen molar-refractivity contribution in [1.82, 2.24) is 4.98 Å². The fourth-order valence-corrected chi connectivity index (χ4v) is 2.35. The highest BCUT2D eigenvalue weighted by Crippen LogP contribution is 2.38. The highest BCUT2D eigenvalue weighted by Gasteiger charge is 2.19. The number of benzene rings is 1. The van der Waals surface area contributed by atoms with Gasteiger partial charge in [0.1, 0.15) is 11.2 Å². The maximum absolute atomic E-state index is 10.7. The number of hydrogen-bond donors (Lipinski definition) is 0. The third kappa shape index (κ3) is 1.75. The summed E-state index contributed by atoms with van der Waals surface area (Å²) in [5.74, 6) is 0. The number of pyridine rings is 1. The molecule has 16 heavy (non-hydrogen) atoms. The van der Waals surface area contributed by atoms with Gasteiger partial charge in [-0.05, 0) is 28.1 Å². The first-order chi connectivity index (χ1) is 7.52. The topological polar surface area (TPSA) is 56.0 Å². The Bertz CT molecular complexity index is 604. The van der Waals surface area contributed by atoms with Crippen molar-refractivity contribution in [2.45, 2.75) is 0 Å². The van der Waals surface area contributed by atoms with Crippen LogP contribution in [0.3, 0.4) is 0 Å². The van der Waals surface area contributed by atoms with Gasteiger partial charge in [-0.2, -0.15) is 0 Å². The lowest BCUT2D eigenvalue weighted by Gasteiger charge is -2.04. The van der Waals surface area contributed by atoms with Gasteiger partial charge in [-0.3, -0.25) is 10.1 Å². The van der Waals surface area contributed by atoms with E-state index in [9.17, 15) is 10.1 Å². The highest BCUT2D eigenvalue weighted by atomic mass is 79.9. The summed E-state index contributed by atoms with van der Waals surface area (Å²) in [5, 5.41) is 11.4. The van der Waals surface area contributed by atoms with Crippen LogP contribution in [-0.4, -0.2) is 9.91 Å². The molecule has 0 radical (unpaired) electrons. The molecular weight excluding hydrogens is 319 g/mol. The summed E-state index contributed by atoms with van der Waals surface area (Å²) >= 11 is 15.1. The molecule has 1 aromatic carbocycles. The van der Waals surface area contributed by atoms with E-state index in [4.69, 9.17) is 23.2 Å². The second kappa shape index (κ2) is 4.16. The smallest absolute Gasteiger partial charge is 0.258 e. The van der Waals surface area contributed by atoms with Crippen LogP contribution in [0, 0.1) is 10.1 Å². The molecule has 0 saturated carbocycles. The van der Waals surface area contributed by atoms with Crippen molar-refractivity contribution in [1.29, 1.82) is 0 Å². The van der Waals surface area contributed by atoms with E-state index in [1.807, 2.05) is 0 Å². The average molecular weight is 322 g/mol. The number of rotatable bonds is 1. The normalized spacial score (nSPS) is 10.7. The van der Waals surface area contributed by atoms with E-state index in [1.165, 1.54) is 0 Å². The van der Waals surface area contributed by atoms with Crippen molar-refractivity contribution in [3.8, 4) is 0 Å². The minimum Gasteiger partial charge on any atom is -0.258 e. The molecule has 0 N–H and O–H groups in total. The van der Waals surface area contributed by atoms with Crippen molar-refractivity contribution in [2.75, 3.05) is 0 Å². The molecule has 0 amide bonds. The summed E-state index contributed by atoms with van der Waals surface area (Å²) in [6.45, 7) is 0. The molecule has 0 saturated heterocycles. The molecule has 1 heterocycles. The van der Waals surface area contributed by atoms with E-state index in [0.717, 1.165) is 6.20 Å². The number of nitrogens with zero attached hydrogens (tertiary/aromatic N) is 2. The number of aromatic nitrogens is 1. The third-order valence-electron chi connectivity index (χ3n) is 2.03. The maximum atomic E-state index is 10.7. The summed E-state index contributed by atoms with van der Waals surface area (Å²) in [7, 11) is 0. The Hall–Kier alpha value is -0.910. The molecule has 2 aromatic rings. The first-order valence-electron chi connectivity index (χ1n) is 4.09. The fraction of sp³-hybridized carbons (Fsp3) is 0. The number of hydrogen-bond acceptors (Lipinski definition) is 3. The Morgan fingerprint density at radius 3 is 2.69 bits per heavy atom. The van der Waals surface area contributed by atoms with Gasteiger partial charge < -0.3 is 0 Å². The van der Waals surface area contributed by atoms with Crippen molar-refractivity contribution in [3.63, 3.8) is 0 Å². The Morgan fingerprint density at radius 1 is 1.38 bits per heavy atom. The van der Waals surface area contributed by atoms with Gasteiger partial charge in [0.05, 0.1) is 15.5 Å². The van der Waals surface area contributed by atoms with Crippen molar-refractivity contribution in [2.24, 2.45) is 0 Å². The zero-order chi connectivity index (χ0) is 11.9. The molecule has 7 heteroatoms. The standard InChI is InChI=1S/C9H3BrCl2N2O2/c10-4-1-2-5(11)7-8(12)6(14(15)16)3-13-9(4)7/h1-3H. The second-order valence-electron chi connectivity index (χ2n) is 2.97. The Labute approximate surface area is 108 Å². The number of nitro groups is 1. The maximum Gasteiger partial charge on any atom is 0.306 e. The van der Waals surface area contributed by atoms with Crippen LogP contribution in [0.2, 0.25) is 10.0 Å². The second-order valence-corrected chi connectivity index (χ2v) is 4.61. The van der Waals surface area contributed by atoms with Gasteiger partial charge in [0.2, 0.25) is 0 Å². The minimum absolute atomic E-state index is 0.00120. The van der Waals surface area contributed by atoms with Crippen molar-refractivity contribution >= 4 is 55.7 Å². The molecule has 0 atom stereocenters. The lowest BCUT2D eigenvalue weighted by molar-refractivity contribution is -0.384. The van der Waals surface area contributed by atoms with Gasteiger partial charge in [0, 0.05) is 9.86 Å². The van der Waals surface area contributed by atoms with Crippen LogP contribution >= 0.6 is 39.1 Å². The largest absolute Gasteiger partial charge is 0.306 e. The molecule has 0 aliphatic carbocycles. The predicted molar refractivity (Wildman–Crippen MR) is 66.1 cm³/mol. The van der Waals surface area contributed by atoms with Crippen LogP contribution in [0.1, 0.15) is 0 Å². The van der Waals surface area contributed by atoms with E-state index in [0.29, 0.717) is 20.4 Å². The SMILES string of the molecule is O=[N+]([O-])c1cnc2c(Br)ccc(Cl)c2c1Cl. The van der Waals surface area contributed by atoms with E-state index in [2.05, 4.69) is 20.9 Å². The van der Waals surface area contributed by atoms with E-state index in [-0.39, 0.29) is 10.7 Å². The molecule has 0 fully saturated rings. The molecule has 0 unspecified atom stereocenters. The van der Waals surface area contributed by atoms with Gasteiger partial charge in [0.15, 0.2) is 0 Å². The van der Waals surface area contributed by atoms with Crippen molar-refractivity contribution in [3.05, 3.63) is 43.0 Å². The highest BCUT2D eigenvalue weighted by molar-refractivity contribution is 9.10. The zero-order valence-corrected chi connectivity index (χ0v) is 10.7. The van der Waals surface area contributed by atoms with Crippen LogP contribution in [0.25, 0.3) is 10.9 Å².